The molecule has 0 bridgehead atoms. The molecule has 0 atom stereocenters. The standard InChI is InChI=1S/C19H14N6/c1-13-7-9-15(10-8-13)25-18-16(11-21-25)19-22-17(23-24(19)12-20-18)14-5-3-2-4-6-14/h2-12H,1H3. The third-order valence-electron chi connectivity index (χ3n) is 4.22. The summed E-state index contributed by atoms with van der Waals surface area (Å²) in [6.45, 7) is 2.06. The number of fused-ring (bicyclic) bond motifs is 3. The summed E-state index contributed by atoms with van der Waals surface area (Å²) in [6, 6.07) is 18.1. The van der Waals surface area contributed by atoms with Gasteiger partial charge in [-0.25, -0.2) is 19.2 Å². The van der Waals surface area contributed by atoms with Crippen molar-refractivity contribution in [1.29, 1.82) is 0 Å². The number of benzene rings is 2. The zero-order valence-corrected chi connectivity index (χ0v) is 13.5. The molecule has 0 radical (unpaired) electrons. The van der Waals surface area contributed by atoms with Crippen LogP contribution in [0.4, 0.5) is 0 Å². The Kier molecular flexibility index (Phi) is 2.90. The van der Waals surface area contributed by atoms with Crippen molar-refractivity contribution in [2.45, 2.75) is 6.92 Å². The summed E-state index contributed by atoms with van der Waals surface area (Å²) in [5.74, 6) is 0.679. The first-order valence-corrected chi connectivity index (χ1v) is 8.01. The SMILES string of the molecule is Cc1ccc(-n2ncc3c2ncn2nc(-c4ccccc4)nc32)cc1. The number of rotatable bonds is 2. The Morgan fingerprint density at radius 2 is 1.68 bits per heavy atom. The summed E-state index contributed by atoms with van der Waals surface area (Å²) in [5, 5.41) is 9.91. The molecule has 6 nitrogen and oxygen atoms in total. The van der Waals surface area contributed by atoms with Crippen LogP contribution in [0.15, 0.2) is 67.1 Å². The molecule has 0 saturated carbocycles. The van der Waals surface area contributed by atoms with Crippen molar-refractivity contribution < 1.29 is 0 Å². The van der Waals surface area contributed by atoms with Crippen molar-refractivity contribution >= 4 is 16.7 Å². The Labute approximate surface area is 143 Å². The molecular formula is C19H14N6. The summed E-state index contributed by atoms with van der Waals surface area (Å²) in [6.07, 6.45) is 3.48. The topological polar surface area (TPSA) is 60.9 Å². The molecule has 5 rings (SSSR count). The van der Waals surface area contributed by atoms with Gasteiger partial charge in [-0.2, -0.15) is 5.10 Å². The van der Waals surface area contributed by atoms with Crippen molar-refractivity contribution in [2.75, 3.05) is 0 Å². The van der Waals surface area contributed by atoms with E-state index in [0.717, 1.165) is 27.9 Å². The Morgan fingerprint density at radius 1 is 0.880 bits per heavy atom. The van der Waals surface area contributed by atoms with Gasteiger partial charge in [-0.1, -0.05) is 48.0 Å². The van der Waals surface area contributed by atoms with E-state index >= 15 is 0 Å². The average Bonchev–Trinajstić information content (AvgIpc) is 3.27. The van der Waals surface area contributed by atoms with E-state index in [2.05, 4.69) is 34.2 Å². The van der Waals surface area contributed by atoms with E-state index in [1.807, 2.05) is 47.1 Å². The lowest BCUT2D eigenvalue weighted by Gasteiger charge is -2.03. The van der Waals surface area contributed by atoms with Crippen LogP contribution in [0.25, 0.3) is 33.8 Å². The quantitative estimate of drug-likeness (QED) is 0.498. The van der Waals surface area contributed by atoms with Crippen LogP contribution in [-0.4, -0.2) is 29.4 Å². The van der Waals surface area contributed by atoms with Gasteiger partial charge in [0.05, 0.1) is 17.3 Å². The van der Waals surface area contributed by atoms with Gasteiger partial charge in [0.25, 0.3) is 0 Å². The molecule has 2 aromatic carbocycles. The number of aromatic nitrogens is 6. The largest absolute Gasteiger partial charge is 0.216 e. The second kappa shape index (κ2) is 5.24. The highest BCUT2D eigenvalue weighted by atomic mass is 15.3. The third kappa shape index (κ3) is 2.19. The van der Waals surface area contributed by atoms with Gasteiger partial charge in [0.15, 0.2) is 17.1 Å². The molecule has 0 unspecified atom stereocenters. The molecule has 3 heterocycles. The molecule has 120 valence electrons. The van der Waals surface area contributed by atoms with Crippen molar-refractivity contribution in [1.82, 2.24) is 29.4 Å². The fourth-order valence-electron chi connectivity index (χ4n) is 2.91. The first-order valence-electron chi connectivity index (χ1n) is 8.01. The van der Waals surface area contributed by atoms with Crippen molar-refractivity contribution in [3.63, 3.8) is 0 Å². The predicted octanol–water partition coefficient (Wildman–Crippen LogP) is 3.44. The van der Waals surface area contributed by atoms with Crippen LogP contribution < -0.4 is 0 Å². The van der Waals surface area contributed by atoms with E-state index in [-0.39, 0.29) is 0 Å². The van der Waals surface area contributed by atoms with E-state index in [1.54, 1.807) is 17.0 Å². The third-order valence-corrected chi connectivity index (χ3v) is 4.22. The summed E-state index contributed by atoms with van der Waals surface area (Å²) in [4.78, 5) is 9.23. The highest BCUT2D eigenvalue weighted by Gasteiger charge is 2.14. The summed E-state index contributed by atoms with van der Waals surface area (Å²) in [7, 11) is 0. The van der Waals surface area contributed by atoms with Crippen molar-refractivity contribution in [3.8, 4) is 17.1 Å². The van der Waals surface area contributed by atoms with E-state index in [9.17, 15) is 0 Å². The monoisotopic (exact) mass is 326 g/mol. The van der Waals surface area contributed by atoms with Crippen molar-refractivity contribution in [3.05, 3.63) is 72.7 Å². The molecule has 0 fully saturated rings. The Morgan fingerprint density at radius 3 is 2.48 bits per heavy atom. The summed E-state index contributed by atoms with van der Waals surface area (Å²) < 4.78 is 3.53. The minimum atomic E-state index is 0.679. The molecule has 0 amide bonds. The van der Waals surface area contributed by atoms with Crippen LogP contribution in [-0.2, 0) is 0 Å². The smallest absolute Gasteiger partial charge is 0.182 e. The van der Waals surface area contributed by atoms with Gasteiger partial charge >= 0.3 is 0 Å². The fourth-order valence-corrected chi connectivity index (χ4v) is 2.91. The molecule has 0 N–H and O–H groups in total. The molecule has 0 aliphatic carbocycles. The second-order valence-electron chi connectivity index (χ2n) is 5.94. The number of hydrogen-bond donors (Lipinski definition) is 0. The van der Waals surface area contributed by atoms with Crippen LogP contribution in [0.5, 0.6) is 0 Å². The second-order valence-corrected chi connectivity index (χ2v) is 5.94. The first kappa shape index (κ1) is 13.9. The highest BCUT2D eigenvalue weighted by Crippen LogP contribution is 2.22. The molecule has 0 saturated heterocycles. The van der Waals surface area contributed by atoms with Gasteiger partial charge in [-0.05, 0) is 19.1 Å². The summed E-state index contributed by atoms with van der Waals surface area (Å²) >= 11 is 0. The van der Waals surface area contributed by atoms with Gasteiger partial charge in [-0.3, -0.25) is 0 Å². The molecule has 3 aromatic heterocycles. The van der Waals surface area contributed by atoms with Crippen LogP contribution in [0.3, 0.4) is 0 Å². The minimum Gasteiger partial charge on any atom is -0.216 e. The molecule has 5 aromatic rings. The summed E-state index contributed by atoms with van der Waals surface area (Å²) in [5.41, 5.74) is 4.68. The zero-order chi connectivity index (χ0) is 16.8. The van der Waals surface area contributed by atoms with E-state index in [0.29, 0.717) is 5.82 Å². The molecular weight excluding hydrogens is 312 g/mol. The lowest BCUT2D eigenvalue weighted by molar-refractivity contribution is 0.882. The minimum absolute atomic E-state index is 0.679. The van der Waals surface area contributed by atoms with Crippen LogP contribution >= 0.6 is 0 Å². The maximum atomic E-state index is 4.69. The van der Waals surface area contributed by atoms with Crippen LogP contribution in [0.1, 0.15) is 5.56 Å². The normalized spacial score (nSPS) is 11.4. The van der Waals surface area contributed by atoms with E-state index in [4.69, 9.17) is 4.98 Å². The maximum absolute atomic E-state index is 4.69. The van der Waals surface area contributed by atoms with Crippen LogP contribution in [0.2, 0.25) is 0 Å². The van der Waals surface area contributed by atoms with Gasteiger partial charge in [-0.15, -0.1) is 5.10 Å². The lowest BCUT2D eigenvalue weighted by Crippen LogP contribution is -1.98. The van der Waals surface area contributed by atoms with E-state index in [1.165, 1.54) is 5.56 Å². The number of nitrogens with zero attached hydrogens (tertiary/aromatic N) is 6. The molecule has 25 heavy (non-hydrogen) atoms. The molecule has 6 heteroatoms. The van der Waals surface area contributed by atoms with Gasteiger partial charge in [0, 0.05) is 5.56 Å². The Hall–Kier alpha value is -3.54. The van der Waals surface area contributed by atoms with Gasteiger partial charge in [0.1, 0.15) is 6.33 Å². The predicted molar refractivity (Wildman–Crippen MR) is 95.6 cm³/mol. The lowest BCUT2D eigenvalue weighted by atomic mass is 10.2. The first-order chi connectivity index (χ1) is 12.3. The zero-order valence-electron chi connectivity index (χ0n) is 13.5. The van der Waals surface area contributed by atoms with Crippen LogP contribution in [0, 0.1) is 6.92 Å². The highest BCUT2D eigenvalue weighted by molar-refractivity contribution is 5.89. The Bertz CT molecular complexity index is 1190. The average molecular weight is 326 g/mol. The Balaban J connectivity index is 1.71. The van der Waals surface area contributed by atoms with Crippen molar-refractivity contribution in [2.24, 2.45) is 0 Å². The van der Waals surface area contributed by atoms with E-state index < -0.39 is 0 Å². The number of aryl methyl sites for hydroxylation is 1. The maximum Gasteiger partial charge on any atom is 0.182 e. The number of hydrogen-bond acceptors (Lipinski definition) is 4. The van der Waals surface area contributed by atoms with Gasteiger partial charge in [0.2, 0.25) is 0 Å². The molecule has 0 aliphatic heterocycles. The molecule has 0 spiro atoms. The van der Waals surface area contributed by atoms with Gasteiger partial charge < -0.3 is 0 Å². The molecule has 0 aliphatic rings. The fraction of sp³-hybridized carbons (Fsp3) is 0.0526.